The van der Waals surface area contributed by atoms with Crippen molar-refractivity contribution in [2.24, 2.45) is 5.16 Å². The Morgan fingerprint density at radius 1 is 1.50 bits per heavy atom. The Balaban J connectivity index is 3.30. The highest BCUT2D eigenvalue weighted by Gasteiger charge is 2.17. The summed E-state index contributed by atoms with van der Waals surface area (Å²) in [5.41, 5.74) is -1.14. The second-order valence-electron chi connectivity index (χ2n) is 2.38. The summed E-state index contributed by atoms with van der Waals surface area (Å²) in [5, 5.41) is 19.5. The van der Waals surface area contributed by atoms with Crippen molar-refractivity contribution < 1.29 is 19.5 Å². The average molecular weight is 218 g/mol. The summed E-state index contributed by atoms with van der Waals surface area (Å²) >= 11 is 5.53. The SMILES string of the molecule is O=C(O)C(=NO)c1cc(Cl)ccc1F. The lowest BCUT2D eigenvalue weighted by atomic mass is 10.1. The number of carbonyl (C=O) groups is 1. The fourth-order valence-corrected chi connectivity index (χ4v) is 1.06. The minimum absolute atomic E-state index is 0.156. The lowest BCUT2D eigenvalue weighted by Gasteiger charge is -2.01. The third-order valence-corrected chi connectivity index (χ3v) is 1.72. The number of nitrogens with zero attached hydrogens (tertiary/aromatic N) is 1. The minimum Gasteiger partial charge on any atom is -0.476 e. The van der Waals surface area contributed by atoms with E-state index in [-0.39, 0.29) is 10.6 Å². The number of aliphatic carboxylic acids is 1. The van der Waals surface area contributed by atoms with E-state index in [1.807, 2.05) is 0 Å². The number of carboxylic acids is 1. The average Bonchev–Trinajstić information content (AvgIpc) is 2.11. The molecular formula is C8H5ClFNO3. The van der Waals surface area contributed by atoms with Gasteiger partial charge < -0.3 is 10.3 Å². The first-order chi connectivity index (χ1) is 6.56. The number of hydrogen-bond donors (Lipinski definition) is 2. The molecule has 0 atom stereocenters. The van der Waals surface area contributed by atoms with Crippen LogP contribution < -0.4 is 0 Å². The van der Waals surface area contributed by atoms with Gasteiger partial charge in [-0.2, -0.15) is 0 Å². The summed E-state index contributed by atoms with van der Waals surface area (Å²) < 4.78 is 13.1. The van der Waals surface area contributed by atoms with E-state index in [1.165, 1.54) is 6.07 Å². The van der Waals surface area contributed by atoms with Gasteiger partial charge in [0.05, 0.1) is 0 Å². The Hall–Kier alpha value is -1.62. The monoisotopic (exact) mass is 217 g/mol. The molecule has 0 bridgehead atoms. The molecule has 0 fully saturated rings. The van der Waals surface area contributed by atoms with Crippen molar-refractivity contribution in [2.45, 2.75) is 0 Å². The second kappa shape index (κ2) is 4.06. The number of benzene rings is 1. The van der Waals surface area contributed by atoms with Crippen LogP contribution in [0.4, 0.5) is 4.39 Å². The van der Waals surface area contributed by atoms with Gasteiger partial charge in [0.15, 0.2) is 5.71 Å². The van der Waals surface area contributed by atoms with E-state index in [2.05, 4.69) is 5.16 Å². The molecule has 0 saturated heterocycles. The van der Waals surface area contributed by atoms with Crippen LogP contribution in [0, 0.1) is 5.82 Å². The van der Waals surface area contributed by atoms with Gasteiger partial charge in [-0.25, -0.2) is 9.18 Å². The highest BCUT2D eigenvalue weighted by atomic mass is 35.5. The van der Waals surface area contributed by atoms with Crippen LogP contribution in [-0.2, 0) is 4.79 Å². The Labute approximate surface area is 83.2 Å². The van der Waals surface area contributed by atoms with Gasteiger partial charge in [-0.15, -0.1) is 0 Å². The Bertz CT molecular complexity index is 406. The van der Waals surface area contributed by atoms with Crippen LogP contribution in [0.15, 0.2) is 23.4 Å². The molecule has 4 nitrogen and oxygen atoms in total. The predicted octanol–water partition coefficient (Wildman–Crippen LogP) is 1.74. The Kier molecular flexibility index (Phi) is 3.03. The van der Waals surface area contributed by atoms with Crippen molar-refractivity contribution in [1.29, 1.82) is 0 Å². The van der Waals surface area contributed by atoms with Crippen molar-refractivity contribution >= 4 is 23.3 Å². The van der Waals surface area contributed by atoms with Gasteiger partial charge in [-0.05, 0) is 18.2 Å². The normalized spacial score (nSPS) is 11.4. The minimum atomic E-state index is -1.53. The molecule has 0 saturated carbocycles. The van der Waals surface area contributed by atoms with Crippen LogP contribution in [0.1, 0.15) is 5.56 Å². The largest absolute Gasteiger partial charge is 0.476 e. The van der Waals surface area contributed by atoms with E-state index in [1.54, 1.807) is 0 Å². The molecule has 1 rings (SSSR count). The van der Waals surface area contributed by atoms with Gasteiger partial charge in [0.1, 0.15) is 5.82 Å². The zero-order chi connectivity index (χ0) is 10.7. The van der Waals surface area contributed by atoms with Crippen LogP contribution in [0.5, 0.6) is 0 Å². The zero-order valence-corrected chi connectivity index (χ0v) is 7.49. The summed E-state index contributed by atoms with van der Waals surface area (Å²) in [7, 11) is 0. The summed E-state index contributed by atoms with van der Waals surface area (Å²) in [6.07, 6.45) is 0. The number of halogens is 2. The van der Waals surface area contributed by atoms with E-state index in [0.29, 0.717) is 0 Å². The van der Waals surface area contributed by atoms with E-state index >= 15 is 0 Å². The number of hydrogen-bond acceptors (Lipinski definition) is 3. The Morgan fingerprint density at radius 2 is 2.14 bits per heavy atom. The topological polar surface area (TPSA) is 69.9 Å². The fourth-order valence-electron chi connectivity index (χ4n) is 0.891. The lowest BCUT2D eigenvalue weighted by Crippen LogP contribution is -2.16. The Morgan fingerprint density at radius 3 is 2.64 bits per heavy atom. The molecule has 0 spiro atoms. The van der Waals surface area contributed by atoms with Gasteiger partial charge in [0.25, 0.3) is 0 Å². The first-order valence-corrected chi connectivity index (χ1v) is 3.85. The highest BCUT2D eigenvalue weighted by molar-refractivity contribution is 6.43. The molecule has 1 aromatic rings. The van der Waals surface area contributed by atoms with Crippen molar-refractivity contribution in [1.82, 2.24) is 0 Å². The van der Waals surface area contributed by atoms with Gasteiger partial charge in [0, 0.05) is 10.6 Å². The third kappa shape index (κ3) is 2.00. The molecule has 6 heteroatoms. The summed E-state index contributed by atoms with van der Waals surface area (Å²) in [6.45, 7) is 0. The first-order valence-electron chi connectivity index (χ1n) is 3.47. The number of oxime groups is 1. The molecule has 0 amide bonds. The van der Waals surface area contributed by atoms with E-state index in [9.17, 15) is 9.18 Å². The smallest absolute Gasteiger partial charge is 0.358 e. The summed E-state index contributed by atoms with van der Waals surface area (Å²) in [5.74, 6) is -2.35. The van der Waals surface area contributed by atoms with Gasteiger partial charge >= 0.3 is 5.97 Å². The second-order valence-corrected chi connectivity index (χ2v) is 2.81. The lowest BCUT2D eigenvalue weighted by molar-refractivity contribution is -0.129. The van der Waals surface area contributed by atoms with Crippen molar-refractivity contribution in [3.05, 3.63) is 34.6 Å². The van der Waals surface area contributed by atoms with E-state index < -0.39 is 17.5 Å². The highest BCUT2D eigenvalue weighted by Crippen LogP contribution is 2.15. The van der Waals surface area contributed by atoms with Crippen LogP contribution in [-0.4, -0.2) is 22.0 Å². The maximum Gasteiger partial charge on any atom is 0.358 e. The third-order valence-electron chi connectivity index (χ3n) is 1.49. The molecule has 14 heavy (non-hydrogen) atoms. The molecule has 0 radical (unpaired) electrons. The van der Waals surface area contributed by atoms with Crippen molar-refractivity contribution in [2.75, 3.05) is 0 Å². The van der Waals surface area contributed by atoms with Gasteiger partial charge in [-0.1, -0.05) is 16.8 Å². The maximum absolute atomic E-state index is 13.1. The van der Waals surface area contributed by atoms with Gasteiger partial charge in [0.2, 0.25) is 0 Å². The summed E-state index contributed by atoms with van der Waals surface area (Å²) in [6, 6.07) is 3.32. The zero-order valence-electron chi connectivity index (χ0n) is 6.74. The molecule has 0 aliphatic carbocycles. The van der Waals surface area contributed by atoms with Crippen LogP contribution in [0.2, 0.25) is 5.02 Å². The molecule has 0 aliphatic heterocycles. The molecule has 2 N–H and O–H groups in total. The molecule has 0 heterocycles. The van der Waals surface area contributed by atoms with Crippen LogP contribution in [0.25, 0.3) is 0 Å². The maximum atomic E-state index is 13.1. The van der Waals surface area contributed by atoms with Crippen LogP contribution >= 0.6 is 11.6 Å². The van der Waals surface area contributed by atoms with Gasteiger partial charge in [-0.3, -0.25) is 0 Å². The predicted molar refractivity (Wildman–Crippen MR) is 47.4 cm³/mol. The standard InChI is InChI=1S/C8H5ClFNO3/c9-4-1-2-6(10)5(3-4)7(11-14)8(12)13/h1-3,14H,(H,12,13). The molecule has 74 valence electrons. The molecule has 0 unspecified atom stereocenters. The van der Waals surface area contributed by atoms with Crippen molar-refractivity contribution in [3.8, 4) is 0 Å². The molecule has 0 aromatic heterocycles. The summed E-state index contributed by atoms with van der Waals surface area (Å²) in [4.78, 5) is 10.5. The number of carboxylic acid groups (broad SMARTS) is 1. The molecule has 1 aromatic carbocycles. The number of rotatable bonds is 2. The first kappa shape index (κ1) is 10.5. The molecule has 0 aliphatic rings. The van der Waals surface area contributed by atoms with Crippen molar-refractivity contribution in [3.63, 3.8) is 0 Å². The van der Waals surface area contributed by atoms with E-state index in [4.69, 9.17) is 21.9 Å². The molecular weight excluding hydrogens is 213 g/mol. The fraction of sp³-hybridized carbons (Fsp3) is 0. The quantitative estimate of drug-likeness (QED) is 0.450. The van der Waals surface area contributed by atoms with Crippen LogP contribution in [0.3, 0.4) is 0 Å². The van der Waals surface area contributed by atoms with E-state index in [0.717, 1.165) is 12.1 Å².